The van der Waals surface area contributed by atoms with Gasteiger partial charge in [-0.1, -0.05) is 18.2 Å². The molecule has 3 nitrogen and oxygen atoms in total. The number of anilines is 1. The lowest BCUT2D eigenvalue weighted by Gasteiger charge is -2.25. The fourth-order valence-corrected chi connectivity index (χ4v) is 2.22. The second-order valence-corrected chi connectivity index (χ2v) is 4.77. The van der Waals surface area contributed by atoms with Crippen LogP contribution in [0.3, 0.4) is 0 Å². The van der Waals surface area contributed by atoms with Crippen LogP contribution in [0.2, 0.25) is 0 Å². The largest absolute Gasteiger partial charge is 0.406 e. The van der Waals surface area contributed by atoms with Gasteiger partial charge in [0.05, 0.1) is 12.5 Å². The van der Waals surface area contributed by atoms with E-state index in [-0.39, 0.29) is 18.2 Å². The summed E-state index contributed by atoms with van der Waals surface area (Å²) in [4.78, 5) is 12.9. The molecule has 0 spiro atoms. The van der Waals surface area contributed by atoms with Crippen molar-refractivity contribution in [3.8, 4) is 0 Å². The van der Waals surface area contributed by atoms with E-state index in [2.05, 4.69) is 0 Å². The Balaban J connectivity index is 2.11. The SMILES string of the molecule is O=C(CC1CCCO1)N(CC(F)(F)F)c1ccccc1. The van der Waals surface area contributed by atoms with Gasteiger partial charge in [-0.15, -0.1) is 0 Å². The molecule has 1 aromatic rings. The smallest absolute Gasteiger partial charge is 0.378 e. The predicted octanol–water partition coefficient (Wildman–Crippen LogP) is 3.15. The van der Waals surface area contributed by atoms with Crippen LogP contribution in [0.15, 0.2) is 30.3 Å². The first-order chi connectivity index (χ1) is 9.46. The van der Waals surface area contributed by atoms with Gasteiger partial charge in [0, 0.05) is 12.3 Å². The number of carbonyl (C=O) groups excluding carboxylic acids is 1. The Kier molecular flexibility index (Phi) is 4.65. The maximum absolute atomic E-state index is 12.6. The molecule has 1 heterocycles. The number of nitrogens with zero attached hydrogens (tertiary/aromatic N) is 1. The first kappa shape index (κ1) is 14.8. The third kappa shape index (κ3) is 4.23. The van der Waals surface area contributed by atoms with Crippen LogP contribution < -0.4 is 4.90 Å². The summed E-state index contributed by atoms with van der Waals surface area (Å²) in [6.45, 7) is -0.703. The van der Waals surface area contributed by atoms with Crippen molar-refractivity contribution in [2.45, 2.75) is 31.5 Å². The fraction of sp³-hybridized carbons (Fsp3) is 0.500. The normalized spacial score (nSPS) is 19.1. The van der Waals surface area contributed by atoms with E-state index < -0.39 is 18.6 Å². The molecule has 0 aliphatic carbocycles. The van der Waals surface area contributed by atoms with E-state index in [9.17, 15) is 18.0 Å². The van der Waals surface area contributed by atoms with E-state index in [1.165, 1.54) is 12.1 Å². The van der Waals surface area contributed by atoms with Crippen molar-refractivity contribution in [1.29, 1.82) is 0 Å². The zero-order valence-electron chi connectivity index (χ0n) is 10.9. The molecule has 0 radical (unpaired) electrons. The van der Waals surface area contributed by atoms with Gasteiger partial charge in [0.25, 0.3) is 0 Å². The lowest BCUT2D eigenvalue weighted by atomic mass is 10.1. The summed E-state index contributed by atoms with van der Waals surface area (Å²) in [7, 11) is 0. The Morgan fingerprint density at radius 1 is 1.30 bits per heavy atom. The van der Waals surface area contributed by atoms with Crippen LogP contribution in [-0.4, -0.2) is 31.3 Å². The second-order valence-electron chi connectivity index (χ2n) is 4.77. The lowest BCUT2D eigenvalue weighted by molar-refractivity contribution is -0.133. The summed E-state index contributed by atoms with van der Waals surface area (Å²) in [5, 5.41) is 0. The van der Waals surface area contributed by atoms with E-state index in [1.807, 2.05) is 0 Å². The molecule has 20 heavy (non-hydrogen) atoms. The molecule has 1 aliphatic rings. The number of benzene rings is 1. The standard InChI is InChI=1S/C14H16F3NO2/c15-14(16,17)10-18(11-5-2-1-3-6-11)13(19)9-12-7-4-8-20-12/h1-3,5-6,12H,4,7-10H2. The molecule has 1 amide bonds. The number of hydrogen-bond acceptors (Lipinski definition) is 2. The van der Waals surface area contributed by atoms with Gasteiger partial charge in [-0.2, -0.15) is 13.2 Å². The zero-order chi connectivity index (χ0) is 14.6. The van der Waals surface area contributed by atoms with E-state index in [0.717, 1.165) is 17.7 Å². The molecular weight excluding hydrogens is 271 g/mol. The minimum Gasteiger partial charge on any atom is -0.378 e. The molecule has 1 fully saturated rings. The molecule has 1 aromatic carbocycles. The van der Waals surface area contributed by atoms with Crippen molar-refractivity contribution >= 4 is 11.6 Å². The van der Waals surface area contributed by atoms with Crippen LogP contribution in [0, 0.1) is 0 Å². The molecule has 0 N–H and O–H groups in total. The van der Waals surface area contributed by atoms with E-state index in [4.69, 9.17) is 4.74 Å². The van der Waals surface area contributed by atoms with Gasteiger partial charge in [-0.3, -0.25) is 4.79 Å². The highest BCUT2D eigenvalue weighted by Gasteiger charge is 2.34. The molecule has 110 valence electrons. The summed E-state index contributed by atoms with van der Waals surface area (Å²) in [5.41, 5.74) is 0.257. The van der Waals surface area contributed by atoms with Crippen LogP contribution in [0.1, 0.15) is 19.3 Å². The van der Waals surface area contributed by atoms with Gasteiger partial charge in [0.1, 0.15) is 6.54 Å². The molecule has 2 rings (SSSR count). The molecule has 1 saturated heterocycles. The average Bonchev–Trinajstić information content (AvgIpc) is 2.89. The quantitative estimate of drug-likeness (QED) is 0.851. The molecular formula is C14H16F3NO2. The van der Waals surface area contributed by atoms with Crippen LogP contribution in [0.4, 0.5) is 18.9 Å². The first-order valence-corrected chi connectivity index (χ1v) is 6.49. The van der Waals surface area contributed by atoms with Crippen LogP contribution in [0.25, 0.3) is 0 Å². The lowest BCUT2D eigenvalue weighted by Crippen LogP contribution is -2.40. The Morgan fingerprint density at radius 3 is 2.55 bits per heavy atom. The van der Waals surface area contributed by atoms with Crippen LogP contribution >= 0.6 is 0 Å². The van der Waals surface area contributed by atoms with Crippen LogP contribution in [-0.2, 0) is 9.53 Å². The van der Waals surface area contributed by atoms with Crippen molar-refractivity contribution in [1.82, 2.24) is 0 Å². The van der Waals surface area contributed by atoms with Crippen molar-refractivity contribution in [2.24, 2.45) is 0 Å². The summed E-state index contributed by atoms with van der Waals surface area (Å²) in [5.74, 6) is -0.555. The molecule has 0 bridgehead atoms. The number of carbonyl (C=O) groups is 1. The number of ether oxygens (including phenoxy) is 1. The predicted molar refractivity (Wildman–Crippen MR) is 68.4 cm³/mol. The summed E-state index contributed by atoms with van der Waals surface area (Å²) >= 11 is 0. The molecule has 0 aromatic heterocycles. The average molecular weight is 287 g/mol. The monoisotopic (exact) mass is 287 g/mol. The zero-order valence-corrected chi connectivity index (χ0v) is 10.9. The van der Waals surface area contributed by atoms with E-state index >= 15 is 0 Å². The maximum Gasteiger partial charge on any atom is 0.406 e. The van der Waals surface area contributed by atoms with Crippen molar-refractivity contribution in [3.05, 3.63) is 30.3 Å². The Morgan fingerprint density at radius 2 is 2.00 bits per heavy atom. The number of hydrogen-bond donors (Lipinski definition) is 0. The highest BCUT2D eigenvalue weighted by molar-refractivity contribution is 5.93. The van der Waals surface area contributed by atoms with Gasteiger partial charge < -0.3 is 9.64 Å². The molecule has 6 heteroatoms. The van der Waals surface area contributed by atoms with Gasteiger partial charge in [-0.05, 0) is 25.0 Å². The highest BCUT2D eigenvalue weighted by Crippen LogP contribution is 2.24. The maximum atomic E-state index is 12.6. The third-order valence-corrected chi connectivity index (χ3v) is 3.13. The van der Waals surface area contributed by atoms with Crippen molar-refractivity contribution in [2.75, 3.05) is 18.1 Å². The Bertz CT molecular complexity index is 441. The summed E-state index contributed by atoms with van der Waals surface area (Å²) < 4.78 is 43.2. The van der Waals surface area contributed by atoms with E-state index in [0.29, 0.717) is 6.61 Å². The number of rotatable bonds is 4. The van der Waals surface area contributed by atoms with Crippen molar-refractivity contribution in [3.63, 3.8) is 0 Å². The first-order valence-electron chi connectivity index (χ1n) is 6.49. The number of amides is 1. The van der Waals surface area contributed by atoms with Crippen LogP contribution in [0.5, 0.6) is 0 Å². The van der Waals surface area contributed by atoms with Gasteiger partial charge in [-0.25, -0.2) is 0 Å². The minimum absolute atomic E-state index is 0.00895. The number of halogens is 3. The molecule has 0 saturated carbocycles. The Labute approximate surface area is 115 Å². The number of para-hydroxylation sites is 1. The molecule has 1 atom stereocenters. The molecule has 1 unspecified atom stereocenters. The highest BCUT2D eigenvalue weighted by atomic mass is 19.4. The topological polar surface area (TPSA) is 29.5 Å². The summed E-state index contributed by atoms with van der Waals surface area (Å²) in [6, 6.07) is 7.91. The summed E-state index contributed by atoms with van der Waals surface area (Å²) in [6.07, 6.45) is -3.13. The van der Waals surface area contributed by atoms with Gasteiger partial charge >= 0.3 is 6.18 Å². The second kappa shape index (κ2) is 6.26. The van der Waals surface area contributed by atoms with Gasteiger partial charge in [0.2, 0.25) is 5.91 Å². The fourth-order valence-electron chi connectivity index (χ4n) is 2.22. The van der Waals surface area contributed by atoms with E-state index in [1.54, 1.807) is 18.2 Å². The van der Waals surface area contributed by atoms with Gasteiger partial charge in [0.15, 0.2) is 0 Å². The van der Waals surface area contributed by atoms with Crippen molar-refractivity contribution < 1.29 is 22.7 Å². The molecule has 1 aliphatic heterocycles. The number of alkyl halides is 3. The Hall–Kier alpha value is -1.56. The minimum atomic E-state index is -4.43. The third-order valence-electron chi connectivity index (χ3n) is 3.13.